The molecule has 2 saturated heterocycles. The van der Waals surface area contributed by atoms with E-state index in [1.807, 2.05) is 66.7 Å². The molecule has 3 aliphatic rings. The first-order chi connectivity index (χ1) is 13.1. The van der Waals surface area contributed by atoms with Crippen LogP contribution >= 0.6 is 0 Å². The number of amides is 1. The number of nitrogens with zero attached hydrogens (tertiary/aromatic N) is 1. The number of carboxylic acids is 1. The molecule has 3 heterocycles. The van der Waals surface area contributed by atoms with E-state index < -0.39 is 29.5 Å². The van der Waals surface area contributed by atoms with Crippen LogP contribution in [0.3, 0.4) is 0 Å². The monoisotopic (exact) mass is 361 g/mol. The molecule has 0 aromatic heterocycles. The molecule has 5 nitrogen and oxygen atoms in total. The van der Waals surface area contributed by atoms with Gasteiger partial charge in [0.25, 0.3) is 0 Å². The van der Waals surface area contributed by atoms with E-state index in [1.54, 1.807) is 11.0 Å². The van der Waals surface area contributed by atoms with Crippen molar-refractivity contribution in [2.45, 2.75) is 17.7 Å². The van der Waals surface area contributed by atoms with Crippen molar-refractivity contribution >= 4 is 11.9 Å². The van der Waals surface area contributed by atoms with Crippen LogP contribution in [0.25, 0.3) is 0 Å². The zero-order chi connectivity index (χ0) is 18.6. The standard InChI is InChI=1S/C22H19NO4/c24-20-18-17(21(25)26)16-11-12-22(18,27-16)13-23(20)19(14-7-3-1-4-8-14)15-9-5-2-6-10-15/h1-12,16-19H,13H2,(H,25,26)/t16-,17-,18+,22-/m1/s1. The molecule has 5 heteroatoms. The number of hydrogen-bond acceptors (Lipinski definition) is 3. The first-order valence-electron chi connectivity index (χ1n) is 9.11. The first kappa shape index (κ1) is 16.3. The number of rotatable bonds is 4. The number of fused-ring (bicyclic) bond motifs is 1. The summed E-state index contributed by atoms with van der Waals surface area (Å²) < 4.78 is 6.03. The second-order valence-corrected chi connectivity index (χ2v) is 7.43. The lowest BCUT2D eigenvalue weighted by molar-refractivity contribution is -0.148. The van der Waals surface area contributed by atoms with Crippen LogP contribution in [-0.4, -0.2) is 40.1 Å². The average Bonchev–Trinajstić information content (AvgIpc) is 3.32. The summed E-state index contributed by atoms with van der Waals surface area (Å²) in [5, 5.41) is 9.67. The molecular formula is C22H19NO4. The van der Waals surface area contributed by atoms with Crippen LogP contribution in [0.15, 0.2) is 72.8 Å². The fourth-order valence-corrected chi connectivity index (χ4v) is 4.85. The molecule has 136 valence electrons. The molecule has 2 aromatic carbocycles. The van der Waals surface area contributed by atoms with Gasteiger partial charge in [0, 0.05) is 0 Å². The van der Waals surface area contributed by atoms with Crippen LogP contribution in [0.2, 0.25) is 0 Å². The molecule has 0 radical (unpaired) electrons. The minimum atomic E-state index is -0.970. The van der Waals surface area contributed by atoms with E-state index in [4.69, 9.17) is 4.74 Å². The maximum atomic E-state index is 13.4. The van der Waals surface area contributed by atoms with Gasteiger partial charge in [0.1, 0.15) is 11.5 Å². The summed E-state index contributed by atoms with van der Waals surface area (Å²) in [7, 11) is 0. The van der Waals surface area contributed by atoms with Crippen molar-refractivity contribution in [3.8, 4) is 0 Å². The smallest absolute Gasteiger partial charge is 0.310 e. The summed E-state index contributed by atoms with van der Waals surface area (Å²) in [6, 6.07) is 19.4. The summed E-state index contributed by atoms with van der Waals surface area (Å²) in [5.41, 5.74) is 1.17. The molecule has 2 aromatic rings. The minimum Gasteiger partial charge on any atom is -0.481 e. The van der Waals surface area contributed by atoms with Gasteiger partial charge in [-0.2, -0.15) is 0 Å². The van der Waals surface area contributed by atoms with Crippen molar-refractivity contribution < 1.29 is 19.4 Å². The number of likely N-dealkylation sites (tertiary alicyclic amines) is 1. The molecule has 5 rings (SSSR count). The van der Waals surface area contributed by atoms with Crippen molar-refractivity contribution in [3.05, 3.63) is 83.9 Å². The van der Waals surface area contributed by atoms with E-state index in [2.05, 4.69) is 0 Å². The lowest BCUT2D eigenvalue weighted by Crippen LogP contribution is -2.39. The maximum absolute atomic E-state index is 13.4. The third-order valence-corrected chi connectivity index (χ3v) is 5.96. The Morgan fingerprint density at radius 2 is 1.67 bits per heavy atom. The number of benzene rings is 2. The number of carbonyl (C=O) groups is 2. The predicted molar refractivity (Wildman–Crippen MR) is 97.8 cm³/mol. The molecule has 2 bridgehead atoms. The molecule has 3 aliphatic heterocycles. The van der Waals surface area contributed by atoms with Gasteiger partial charge in [-0.15, -0.1) is 0 Å². The van der Waals surface area contributed by atoms with E-state index in [0.29, 0.717) is 6.54 Å². The molecule has 1 spiro atoms. The summed E-state index contributed by atoms with van der Waals surface area (Å²) in [6.07, 6.45) is 3.18. The Kier molecular flexibility index (Phi) is 3.49. The largest absolute Gasteiger partial charge is 0.481 e. The molecule has 0 aliphatic carbocycles. The van der Waals surface area contributed by atoms with Gasteiger partial charge in [0.05, 0.1) is 24.6 Å². The second-order valence-electron chi connectivity index (χ2n) is 7.43. The Hall–Kier alpha value is -2.92. The third kappa shape index (κ3) is 2.28. The Bertz CT molecular complexity index is 886. The zero-order valence-electron chi connectivity index (χ0n) is 14.6. The van der Waals surface area contributed by atoms with Crippen LogP contribution in [0.4, 0.5) is 0 Å². The molecular weight excluding hydrogens is 342 g/mol. The third-order valence-electron chi connectivity index (χ3n) is 5.96. The highest BCUT2D eigenvalue weighted by atomic mass is 16.5. The van der Waals surface area contributed by atoms with E-state index in [1.165, 1.54) is 0 Å². The lowest BCUT2D eigenvalue weighted by atomic mass is 9.77. The van der Waals surface area contributed by atoms with Crippen molar-refractivity contribution in [2.75, 3.05) is 6.54 Å². The van der Waals surface area contributed by atoms with Crippen molar-refractivity contribution in [3.63, 3.8) is 0 Å². The number of hydrogen-bond donors (Lipinski definition) is 1. The van der Waals surface area contributed by atoms with Crippen LogP contribution < -0.4 is 0 Å². The average molecular weight is 361 g/mol. The highest BCUT2D eigenvalue weighted by Gasteiger charge is 2.67. The second kappa shape index (κ2) is 5.79. The van der Waals surface area contributed by atoms with Gasteiger partial charge in [-0.3, -0.25) is 9.59 Å². The van der Waals surface area contributed by atoms with Gasteiger partial charge in [-0.05, 0) is 11.1 Å². The zero-order valence-corrected chi connectivity index (χ0v) is 14.6. The van der Waals surface area contributed by atoms with E-state index in [-0.39, 0.29) is 11.9 Å². The van der Waals surface area contributed by atoms with Gasteiger partial charge in [-0.1, -0.05) is 72.8 Å². The maximum Gasteiger partial charge on any atom is 0.310 e. The lowest BCUT2D eigenvalue weighted by Gasteiger charge is -2.31. The SMILES string of the molecule is O=C(O)[C@H]1[C@H]2C(=O)N(C(c3ccccc3)c3ccccc3)C[C@]23C=C[C@H]1O3. The Morgan fingerprint density at radius 1 is 1.07 bits per heavy atom. The molecule has 0 unspecified atom stereocenters. The minimum absolute atomic E-state index is 0.146. The fraction of sp³-hybridized carbons (Fsp3) is 0.273. The Balaban J connectivity index is 1.59. The van der Waals surface area contributed by atoms with Gasteiger partial charge >= 0.3 is 5.97 Å². The van der Waals surface area contributed by atoms with Crippen molar-refractivity contribution in [1.29, 1.82) is 0 Å². The van der Waals surface area contributed by atoms with Gasteiger partial charge < -0.3 is 14.7 Å². The van der Waals surface area contributed by atoms with Gasteiger partial charge in [-0.25, -0.2) is 0 Å². The quantitative estimate of drug-likeness (QED) is 0.850. The Morgan fingerprint density at radius 3 is 2.22 bits per heavy atom. The first-order valence-corrected chi connectivity index (χ1v) is 9.11. The molecule has 2 fully saturated rings. The number of carbonyl (C=O) groups excluding carboxylic acids is 1. The van der Waals surface area contributed by atoms with E-state index >= 15 is 0 Å². The summed E-state index contributed by atoms with van der Waals surface area (Å²) >= 11 is 0. The molecule has 1 N–H and O–H groups in total. The fourth-order valence-electron chi connectivity index (χ4n) is 4.85. The summed E-state index contributed by atoms with van der Waals surface area (Å²) in [5.74, 6) is -2.60. The summed E-state index contributed by atoms with van der Waals surface area (Å²) in [4.78, 5) is 27.0. The van der Waals surface area contributed by atoms with Gasteiger partial charge in [0.15, 0.2) is 0 Å². The number of ether oxygens (including phenoxy) is 1. The van der Waals surface area contributed by atoms with Crippen LogP contribution in [0.1, 0.15) is 17.2 Å². The van der Waals surface area contributed by atoms with E-state index in [9.17, 15) is 14.7 Å². The molecule has 27 heavy (non-hydrogen) atoms. The van der Waals surface area contributed by atoms with E-state index in [0.717, 1.165) is 11.1 Å². The highest BCUT2D eigenvalue weighted by molar-refractivity contribution is 5.91. The predicted octanol–water partition coefficient (Wildman–Crippen LogP) is 2.64. The van der Waals surface area contributed by atoms with Gasteiger partial charge in [0.2, 0.25) is 5.91 Å². The molecule has 4 atom stereocenters. The van der Waals surface area contributed by atoms with Crippen LogP contribution in [0, 0.1) is 11.8 Å². The normalized spacial score (nSPS) is 30.9. The summed E-state index contributed by atoms with van der Waals surface area (Å²) in [6.45, 7) is 0.363. The number of aliphatic carboxylic acids is 1. The van der Waals surface area contributed by atoms with Crippen LogP contribution in [-0.2, 0) is 14.3 Å². The molecule has 1 amide bonds. The van der Waals surface area contributed by atoms with Crippen LogP contribution in [0.5, 0.6) is 0 Å². The Labute approximate surface area is 156 Å². The van der Waals surface area contributed by atoms with Crippen molar-refractivity contribution in [2.24, 2.45) is 11.8 Å². The highest BCUT2D eigenvalue weighted by Crippen LogP contribution is 2.53. The molecule has 0 saturated carbocycles. The number of carboxylic acid groups (broad SMARTS) is 1. The van der Waals surface area contributed by atoms with Crippen molar-refractivity contribution in [1.82, 2.24) is 4.90 Å². The topological polar surface area (TPSA) is 66.8 Å².